The van der Waals surface area contributed by atoms with E-state index in [1.54, 1.807) is 0 Å². The molecule has 2 unspecified atom stereocenters. The molecule has 1 saturated heterocycles. The van der Waals surface area contributed by atoms with E-state index in [-0.39, 0.29) is 0 Å². The Labute approximate surface area is 101 Å². The van der Waals surface area contributed by atoms with Crippen LogP contribution < -0.4 is 5.32 Å². The number of hydrogen-bond donors (Lipinski definition) is 1. The van der Waals surface area contributed by atoms with Gasteiger partial charge in [-0.25, -0.2) is 0 Å². The zero-order chi connectivity index (χ0) is 11.6. The number of piperidine rings is 1. The van der Waals surface area contributed by atoms with E-state index in [4.69, 9.17) is 4.74 Å². The summed E-state index contributed by atoms with van der Waals surface area (Å²) in [5.74, 6) is 0.689. The first-order valence-corrected chi connectivity index (χ1v) is 7.17. The van der Waals surface area contributed by atoms with Gasteiger partial charge < -0.3 is 10.1 Å². The molecule has 0 saturated carbocycles. The molecule has 1 N–H and O–H groups in total. The van der Waals surface area contributed by atoms with Crippen LogP contribution >= 0.6 is 0 Å². The van der Waals surface area contributed by atoms with Crippen LogP contribution in [0.15, 0.2) is 0 Å². The predicted octanol–water partition coefficient (Wildman–Crippen LogP) is 3.36. The Morgan fingerprint density at radius 2 is 1.88 bits per heavy atom. The van der Waals surface area contributed by atoms with E-state index < -0.39 is 0 Å². The summed E-state index contributed by atoms with van der Waals surface area (Å²) >= 11 is 0. The van der Waals surface area contributed by atoms with Crippen molar-refractivity contribution < 1.29 is 4.74 Å². The van der Waals surface area contributed by atoms with Crippen molar-refractivity contribution in [2.75, 3.05) is 19.7 Å². The smallest absolute Gasteiger partial charge is 0.0624 e. The van der Waals surface area contributed by atoms with Crippen molar-refractivity contribution in [2.24, 2.45) is 5.92 Å². The highest BCUT2D eigenvalue weighted by molar-refractivity contribution is 4.75. The third-order valence-corrected chi connectivity index (χ3v) is 3.54. The fourth-order valence-electron chi connectivity index (χ4n) is 2.35. The Balaban J connectivity index is 1.90. The number of rotatable bonds is 8. The molecular formula is C14H29NO. The second-order valence-electron chi connectivity index (χ2n) is 5.15. The summed E-state index contributed by atoms with van der Waals surface area (Å²) in [6.45, 7) is 7.79. The summed E-state index contributed by atoms with van der Waals surface area (Å²) < 4.78 is 5.96. The van der Waals surface area contributed by atoms with Gasteiger partial charge in [0, 0.05) is 13.2 Å². The maximum atomic E-state index is 5.96. The zero-order valence-corrected chi connectivity index (χ0v) is 11.1. The summed E-state index contributed by atoms with van der Waals surface area (Å²) in [5.41, 5.74) is 0. The van der Waals surface area contributed by atoms with E-state index in [2.05, 4.69) is 19.2 Å². The molecule has 2 heteroatoms. The molecule has 1 heterocycles. The summed E-state index contributed by atoms with van der Waals surface area (Å²) in [6.07, 6.45) is 9.82. The molecular weight excluding hydrogens is 198 g/mol. The number of unbranched alkanes of at least 4 members (excludes halogenated alkanes) is 5. The van der Waals surface area contributed by atoms with Gasteiger partial charge in [-0.3, -0.25) is 0 Å². The summed E-state index contributed by atoms with van der Waals surface area (Å²) in [4.78, 5) is 0. The summed E-state index contributed by atoms with van der Waals surface area (Å²) in [7, 11) is 0. The standard InChI is InChI=1S/C14H29NO/c1-3-4-5-6-7-8-11-16-14-9-10-15-12-13(14)2/h13-15H,3-12H2,1-2H3. The van der Waals surface area contributed by atoms with Crippen LogP contribution in [0.1, 0.15) is 58.8 Å². The van der Waals surface area contributed by atoms with Crippen molar-refractivity contribution in [3.05, 3.63) is 0 Å². The number of nitrogens with one attached hydrogen (secondary N) is 1. The Hall–Kier alpha value is -0.0800. The third-order valence-electron chi connectivity index (χ3n) is 3.54. The maximum absolute atomic E-state index is 5.96. The van der Waals surface area contributed by atoms with Crippen LogP contribution in [0, 0.1) is 5.92 Å². The van der Waals surface area contributed by atoms with Gasteiger partial charge in [0.1, 0.15) is 0 Å². The van der Waals surface area contributed by atoms with Gasteiger partial charge >= 0.3 is 0 Å². The van der Waals surface area contributed by atoms with E-state index in [1.165, 1.54) is 44.9 Å². The van der Waals surface area contributed by atoms with Crippen molar-refractivity contribution in [1.29, 1.82) is 0 Å². The first-order chi connectivity index (χ1) is 7.84. The fraction of sp³-hybridized carbons (Fsp3) is 1.00. The van der Waals surface area contributed by atoms with Gasteiger partial charge in [0.05, 0.1) is 6.10 Å². The molecule has 2 atom stereocenters. The highest BCUT2D eigenvalue weighted by Gasteiger charge is 2.20. The maximum Gasteiger partial charge on any atom is 0.0624 e. The third kappa shape index (κ3) is 5.86. The zero-order valence-electron chi connectivity index (χ0n) is 11.1. The summed E-state index contributed by atoms with van der Waals surface area (Å²) in [6, 6.07) is 0. The fourth-order valence-corrected chi connectivity index (χ4v) is 2.35. The molecule has 1 fully saturated rings. The highest BCUT2D eigenvalue weighted by atomic mass is 16.5. The van der Waals surface area contributed by atoms with Crippen LogP contribution in [0.25, 0.3) is 0 Å². The van der Waals surface area contributed by atoms with Gasteiger partial charge in [0.15, 0.2) is 0 Å². The Bertz CT molecular complexity index is 161. The number of hydrogen-bond acceptors (Lipinski definition) is 2. The second-order valence-corrected chi connectivity index (χ2v) is 5.15. The quantitative estimate of drug-likeness (QED) is 0.642. The molecule has 96 valence electrons. The van der Waals surface area contributed by atoms with E-state index in [0.29, 0.717) is 12.0 Å². The minimum atomic E-state index is 0.511. The topological polar surface area (TPSA) is 21.3 Å². The van der Waals surface area contributed by atoms with Crippen LogP contribution in [0.4, 0.5) is 0 Å². The lowest BCUT2D eigenvalue weighted by atomic mass is 9.98. The molecule has 0 aromatic heterocycles. The molecule has 0 aromatic rings. The molecule has 0 amide bonds. The molecule has 0 aliphatic carbocycles. The van der Waals surface area contributed by atoms with Gasteiger partial charge in [-0.15, -0.1) is 0 Å². The van der Waals surface area contributed by atoms with Crippen molar-refractivity contribution in [3.63, 3.8) is 0 Å². The molecule has 16 heavy (non-hydrogen) atoms. The van der Waals surface area contributed by atoms with E-state index >= 15 is 0 Å². The lowest BCUT2D eigenvalue weighted by Gasteiger charge is -2.29. The van der Waals surface area contributed by atoms with Gasteiger partial charge in [0.2, 0.25) is 0 Å². The largest absolute Gasteiger partial charge is 0.378 e. The lowest BCUT2D eigenvalue weighted by Crippen LogP contribution is -2.39. The minimum absolute atomic E-state index is 0.511. The SMILES string of the molecule is CCCCCCCCOC1CCNCC1C. The van der Waals surface area contributed by atoms with Gasteiger partial charge in [-0.2, -0.15) is 0 Å². The summed E-state index contributed by atoms with van der Waals surface area (Å²) in [5, 5.41) is 3.41. The monoisotopic (exact) mass is 227 g/mol. The molecule has 0 spiro atoms. The Morgan fingerprint density at radius 3 is 2.62 bits per heavy atom. The molecule has 1 rings (SSSR count). The van der Waals surface area contributed by atoms with Crippen LogP contribution in [0.5, 0.6) is 0 Å². The van der Waals surface area contributed by atoms with Crippen molar-refractivity contribution in [2.45, 2.75) is 64.9 Å². The highest BCUT2D eigenvalue weighted by Crippen LogP contribution is 2.15. The minimum Gasteiger partial charge on any atom is -0.378 e. The van der Waals surface area contributed by atoms with Crippen LogP contribution in [0.2, 0.25) is 0 Å². The first-order valence-electron chi connectivity index (χ1n) is 7.17. The van der Waals surface area contributed by atoms with E-state index in [9.17, 15) is 0 Å². The Kier molecular flexibility index (Phi) is 7.87. The average molecular weight is 227 g/mol. The van der Waals surface area contributed by atoms with Gasteiger partial charge in [-0.1, -0.05) is 46.0 Å². The molecule has 2 nitrogen and oxygen atoms in total. The van der Waals surface area contributed by atoms with Gasteiger partial charge in [-0.05, 0) is 25.3 Å². The van der Waals surface area contributed by atoms with E-state index in [0.717, 1.165) is 19.7 Å². The molecule has 1 aliphatic rings. The van der Waals surface area contributed by atoms with Crippen LogP contribution in [-0.2, 0) is 4.74 Å². The Morgan fingerprint density at radius 1 is 1.12 bits per heavy atom. The lowest BCUT2D eigenvalue weighted by molar-refractivity contribution is -0.000788. The predicted molar refractivity (Wildman–Crippen MR) is 69.8 cm³/mol. The van der Waals surface area contributed by atoms with Gasteiger partial charge in [0.25, 0.3) is 0 Å². The molecule has 0 bridgehead atoms. The number of ether oxygens (including phenoxy) is 1. The van der Waals surface area contributed by atoms with Crippen molar-refractivity contribution in [1.82, 2.24) is 5.32 Å². The van der Waals surface area contributed by atoms with Crippen LogP contribution in [0.3, 0.4) is 0 Å². The van der Waals surface area contributed by atoms with Crippen molar-refractivity contribution in [3.8, 4) is 0 Å². The first kappa shape index (κ1) is 14.0. The normalized spacial score (nSPS) is 25.9. The van der Waals surface area contributed by atoms with E-state index in [1.807, 2.05) is 0 Å². The van der Waals surface area contributed by atoms with Crippen molar-refractivity contribution >= 4 is 0 Å². The average Bonchev–Trinajstić information content (AvgIpc) is 2.30. The van der Waals surface area contributed by atoms with Crippen LogP contribution in [-0.4, -0.2) is 25.8 Å². The molecule has 0 radical (unpaired) electrons. The second kappa shape index (κ2) is 9.00. The molecule has 0 aromatic carbocycles. The molecule has 1 aliphatic heterocycles.